The number of carbonyl (C=O) groups excluding carboxylic acids is 1. The highest BCUT2D eigenvalue weighted by atomic mass is 32.1. The highest BCUT2D eigenvalue weighted by Crippen LogP contribution is 2.36. The summed E-state index contributed by atoms with van der Waals surface area (Å²) in [5.74, 6) is 0.143. The van der Waals surface area contributed by atoms with Gasteiger partial charge in [0, 0.05) is 10.4 Å². The van der Waals surface area contributed by atoms with Gasteiger partial charge in [0.25, 0.3) is 5.56 Å². The minimum atomic E-state index is -0.693. The van der Waals surface area contributed by atoms with Gasteiger partial charge in [-0.25, -0.2) is 9.79 Å². The van der Waals surface area contributed by atoms with E-state index >= 15 is 0 Å². The van der Waals surface area contributed by atoms with Crippen LogP contribution in [0.4, 0.5) is 0 Å². The number of hydrogen-bond donors (Lipinski definition) is 0. The minimum absolute atomic E-state index is 0.0695. The molecule has 0 spiro atoms. The van der Waals surface area contributed by atoms with Crippen molar-refractivity contribution < 1.29 is 14.3 Å². The zero-order chi connectivity index (χ0) is 23.7. The molecule has 1 atom stereocenters. The molecule has 0 N–H and O–H groups in total. The van der Waals surface area contributed by atoms with Crippen molar-refractivity contribution in [2.24, 2.45) is 4.99 Å². The van der Waals surface area contributed by atoms with Gasteiger partial charge in [0.1, 0.15) is 11.8 Å². The molecule has 2 aromatic heterocycles. The van der Waals surface area contributed by atoms with E-state index in [4.69, 9.17) is 9.47 Å². The van der Waals surface area contributed by atoms with Crippen LogP contribution in [0.5, 0.6) is 5.75 Å². The van der Waals surface area contributed by atoms with Crippen molar-refractivity contribution in [3.63, 3.8) is 0 Å². The number of para-hydroxylation sites is 1. The molecular weight excluding hydrogens is 456 g/mol. The summed E-state index contributed by atoms with van der Waals surface area (Å²) in [6.07, 6.45) is 1.83. The number of thiazole rings is 1. The lowest BCUT2D eigenvalue weighted by molar-refractivity contribution is -0.139. The van der Waals surface area contributed by atoms with Crippen LogP contribution in [-0.2, 0) is 9.53 Å². The molecule has 172 valence electrons. The number of allylic oxidation sites excluding steroid dienone is 1. The van der Waals surface area contributed by atoms with Gasteiger partial charge in [-0.15, -0.1) is 11.3 Å². The van der Waals surface area contributed by atoms with Crippen molar-refractivity contribution in [2.75, 3.05) is 6.61 Å². The molecular formula is C25H26N2O4S2. The number of fused-ring (bicyclic) bond motifs is 1. The molecule has 1 aliphatic rings. The third-order valence-electron chi connectivity index (χ3n) is 5.26. The van der Waals surface area contributed by atoms with Gasteiger partial charge in [-0.1, -0.05) is 29.5 Å². The van der Waals surface area contributed by atoms with Crippen LogP contribution >= 0.6 is 22.7 Å². The number of thiophene rings is 1. The first-order valence-corrected chi connectivity index (χ1v) is 12.5. The van der Waals surface area contributed by atoms with E-state index in [0.717, 1.165) is 16.0 Å². The first kappa shape index (κ1) is 23.2. The lowest BCUT2D eigenvalue weighted by Gasteiger charge is -2.26. The van der Waals surface area contributed by atoms with Crippen molar-refractivity contribution in [2.45, 2.75) is 46.8 Å². The summed E-state index contributed by atoms with van der Waals surface area (Å²) < 4.78 is 13.6. The van der Waals surface area contributed by atoms with Crippen LogP contribution in [0.3, 0.4) is 0 Å². The maximum atomic E-state index is 13.7. The molecule has 0 saturated carbocycles. The first-order valence-electron chi connectivity index (χ1n) is 10.8. The largest absolute Gasteiger partial charge is 0.491 e. The minimum Gasteiger partial charge on any atom is -0.491 e. The van der Waals surface area contributed by atoms with E-state index in [1.807, 2.05) is 62.6 Å². The van der Waals surface area contributed by atoms with Crippen molar-refractivity contribution >= 4 is 34.7 Å². The second-order valence-corrected chi connectivity index (χ2v) is 9.93. The van der Waals surface area contributed by atoms with Crippen LogP contribution in [0.2, 0.25) is 0 Å². The average Bonchev–Trinajstić information content (AvgIpc) is 3.30. The van der Waals surface area contributed by atoms with Gasteiger partial charge in [-0.3, -0.25) is 9.36 Å². The van der Waals surface area contributed by atoms with E-state index in [1.165, 1.54) is 11.3 Å². The summed E-state index contributed by atoms with van der Waals surface area (Å²) in [5, 5.41) is 2.00. The molecule has 0 radical (unpaired) electrons. The van der Waals surface area contributed by atoms with Gasteiger partial charge in [0.05, 0.1) is 28.5 Å². The Morgan fingerprint density at radius 1 is 1.24 bits per heavy atom. The molecule has 0 unspecified atom stereocenters. The van der Waals surface area contributed by atoms with Crippen LogP contribution < -0.4 is 19.6 Å². The number of ether oxygens (including phenoxy) is 2. The lowest BCUT2D eigenvalue weighted by Crippen LogP contribution is -2.40. The van der Waals surface area contributed by atoms with Gasteiger partial charge >= 0.3 is 5.97 Å². The van der Waals surface area contributed by atoms with Crippen LogP contribution in [0.1, 0.15) is 49.7 Å². The van der Waals surface area contributed by atoms with Gasteiger partial charge < -0.3 is 9.47 Å². The maximum absolute atomic E-state index is 13.7. The Balaban J connectivity index is 2.00. The molecule has 1 aliphatic heterocycles. The Morgan fingerprint density at radius 2 is 2.00 bits per heavy atom. The SMILES string of the molecule is CCOC(=O)C1=C(C)N=c2s/c(=C/c3sccc3C)c(=O)n2[C@@H]1c1ccccc1OC(C)C. The second kappa shape index (κ2) is 9.49. The quantitative estimate of drug-likeness (QED) is 0.499. The Bertz CT molecular complexity index is 1410. The van der Waals surface area contributed by atoms with Gasteiger partial charge in [0.15, 0.2) is 4.80 Å². The predicted molar refractivity (Wildman–Crippen MR) is 132 cm³/mol. The van der Waals surface area contributed by atoms with Crippen LogP contribution in [0.25, 0.3) is 6.08 Å². The summed E-state index contributed by atoms with van der Waals surface area (Å²) in [4.78, 5) is 32.9. The molecule has 8 heteroatoms. The molecule has 0 bridgehead atoms. The Hall–Kier alpha value is -2.97. The molecule has 33 heavy (non-hydrogen) atoms. The number of aryl methyl sites for hydroxylation is 1. The number of aromatic nitrogens is 1. The van der Waals surface area contributed by atoms with Crippen molar-refractivity contribution in [3.8, 4) is 5.75 Å². The second-order valence-electron chi connectivity index (χ2n) is 7.97. The van der Waals surface area contributed by atoms with Crippen LogP contribution in [0, 0.1) is 6.92 Å². The molecule has 3 aromatic rings. The monoisotopic (exact) mass is 482 g/mol. The summed E-state index contributed by atoms with van der Waals surface area (Å²) in [6, 6.07) is 8.84. The van der Waals surface area contributed by atoms with E-state index < -0.39 is 12.0 Å². The number of esters is 1. The zero-order valence-corrected chi connectivity index (χ0v) is 20.9. The molecule has 0 fully saturated rings. The van der Waals surface area contributed by atoms with Gasteiger partial charge in [-0.2, -0.15) is 0 Å². The number of rotatable bonds is 6. The highest BCUT2D eigenvalue weighted by Gasteiger charge is 2.35. The number of carbonyl (C=O) groups is 1. The fourth-order valence-corrected chi connectivity index (χ4v) is 5.77. The molecule has 0 aliphatic carbocycles. The number of nitrogens with zero attached hydrogens (tertiary/aromatic N) is 2. The molecule has 0 amide bonds. The number of hydrogen-bond acceptors (Lipinski definition) is 7. The number of benzene rings is 1. The normalized spacial score (nSPS) is 16.1. The van der Waals surface area contributed by atoms with Crippen molar-refractivity contribution in [1.29, 1.82) is 0 Å². The fraction of sp³-hybridized carbons (Fsp3) is 0.320. The third kappa shape index (κ3) is 4.45. The van der Waals surface area contributed by atoms with E-state index in [1.54, 1.807) is 29.8 Å². The van der Waals surface area contributed by atoms with Crippen molar-refractivity contribution in [3.05, 3.63) is 82.7 Å². The molecule has 1 aromatic carbocycles. The summed E-state index contributed by atoms with van der Waals surface area (Å²) in [6.45, 7) is 9.68. The summed E-state index contributed by atoms with van der Waals surface area (Å²) in [7, 11) is 0. The third-order valence-corrected chi connectivity index (χ3v) is 7.21. The maximum Gasteiger partial charge on any atom is 0.338 e. The van der Waals surface area contributed by atoms with Gasteiger partial charge in [-0.05, 0) is 63.8 Å². The lowest BCUT2D eigenvalue weighted by atomic mass is 9.95. The Kier molecular flexibility index (Phi) is 6.67. The summed E-state index contributed by atoms with van der Waals surface area (Å²) in [5.41, 5.74) is 2.54. The topological polar surface area (TPSA) is 69.9 Å². The predicted octanol–water partition coefficient (Wildman–Crippen LogP) is 3.96. The van der Waals surface area contributed by atoms with Crippen molar-refractivity contribution in [1.82, 2.24) is 4.57 Å². The van der Waals surface area contributed by atoms with Gasteiger partial charge in [0.2, 0.25) is 0 Å². The first-order chi connectivity index (χ1) is 15.8. The molecule has 4 rings (SSSR count). The van der Waals surface area contributed by atoms with Crippen LogP contribution in [-0.4, -0.2) is 23.2 Å². The average molecular weight is 483 g/mol. The van der Waals surface area contributed by atoms with E-state index in [2.05, 4.69) is 4.99 Å². The zero-order valence-electron chi connectivity index (χ0n) is 19.2. The molecule has 0 saturated heterocycles. The summed E-state index contributed by atoms with van der Waals surface area (Å²) >= 11 is 2.91. The standard InChI is InChI=1S/C25H26N2O4S2/c1-6-30-24(29)21-16(5)26-25-27(22(21)17-9-7-8-10-18(17)31-14(2)3)23(28)20(33-25)13-19-15(4)11-12-32-19/h7-14,22H,6H2,1-5H3/b20-13+/t22-/m1/s1. The highest BCUT2D eigenvalue weighted by molar-refractivity contribution is 7.11. The Morgan fingerprint density at radius 3 is 2.67 bits per heavy atom. The van der Waals surface area contributed by atoms with Crippen LogP contribution in [0.15, 0.2) is 56.8 Å². The van der Waals surface area contributed by atoms with E-state index in [9.17, 15) is 9.59 Å². The smallest absolute Gasteiger partial charge is 0.338 e. The molecule has 6 nitrogen and oxygen atoms in total. The van der Waals surface area contributed by atoms with E-state index in [0.29, 0.717) is 26.4 Å². The Labute approximate surface area is 200 Å². The fourth-order valence-electron chi connectivity index (χ4n) is 3.80. The molecule has 3 heterocycles. The van der Waals surface area contributed by atoms with E-state index in [-0.39, 0.29) is 18.3 Å².